The Hall–Kier alpha value is 0.600. The second-order valence-electron chi connectivity index (χ2n) is 2.73. The smallest absolute Gasteiger partial charge is 0.0476 e. The average molecular weight is 195 g/mol. The van der Waals surface area contributed by atoms with Gasteiger partial charge in [-0.15, -0.1) is 11.6 Å². The molecule has 3 heteroatoms. The summed E-state index contributed by atoms with van der Waals surface area (Å²) in [7, 11) is 0. The molecular formula is C8H15ClOS. The van der Waals surface area contributed by atoms with Gasteiger partial charge in [0.25, 0.3) is 0 Å². The second kappa shape index (κ2) is 6.15. The monoisotopic (exact) mass is 194 g/mol. The van der Waals surface area contributed by atoms with Crippen molar-refractivity contribution in [3.8, 4) is 0 Å². The van der Waals surface area contributed by atoms with E-state index in [9.17, 15) is 0 Å². The molecule has 0 aliphatic carbocycles. The van der Waals surface area contributed by atoms with Crippen molar-refractivity contribution in [2.24, 2.45) is 0 Å². The van der Waals surface area contributed by atoms with Crippen LogP contribution in [0.2, 0.25) is 0 Å². The first kappa shape index (κ1) is 9.69. The second-order valence-corrected chi connectivity index (χ2v) is 4.51. The van der Waals surface area contributed by atoms with E-state index in [2.05, 4.69) is 11.8 Å². The van der Waals surface area contributed by atoms with Crippen LogP contribution >= 0.6 is 23.4 Å². The predicted molar refractivity (Wildman–Crippen MR) is 51.6 cm³/mol. The maximum atomic E-state index is 5.58. The van der Waals surface area contributed by atoms with Crippen molar-refractivity contribution in [3.05, 3.63) is 0 Å². The third-order valence-electron chi connectivity index (χ3n) is 1.80. The molecule has 0 saturated carbocycles. The molecule has 66 valence electrons. The molecule has 11 heavy (non-hydrogen) atoms. The molecule has 1 aliphatic rings. The number of halogens is 1. The van der Waals surface area contributed by atoms with Gasteiger partial charge in [-0.25, -0.2) is 0 Å². The van der Waals surface area contributed by atoms with Crippen molar-refractivity contribution in [2.45, 2.75) is 24.5 Å². The fourth-order valence-corrected chi connectivity index (χ4v) is 2.61. The largest absolute Gasteiger partial charge is 0.381 e. The van der Waals surface area contributed by atoms with E-state index in [-0.39, 0.29) is 0 Å². The van der Waals surface area contributed by atoms with Gasteiger partial charge in [-0.1, -0.05) is 0 Å². The molecular weight excluding hydrogens is 180 g/mol. The third-order valence-corrected chi connectivity index (χ3v) is 3.53. The first-order valence-electron chi connectivity index (χ1n) is 4.19. The van der Waals surface area contributed by atoms with E-state index in [1.165, 1.54) is 18.6 Å². The van der Waals surface area contributed by atoms with Crippen LogP contribution in [0.15, 0.2) is 0 Å². The highest BCUT2D eigenvalue weighted by Gasteiger charge is 2.12. The van der Waals surface area contributed by atoms with Crippen molar-refractivity contribution in [2.75, 3.05) is 24.8 Å². The molecule has 0 aromatic carbocycles. The lowest BCUT2D eigenvalue weighted by molar-refractivity contribution is 0.100. The zero-order chi connectivity index (χ0) is 7.94. The highest BCUT2D eigenvalue weighted by atomic mass is 35.5. The Bertz CT molecular complexity index is 94.1. The number of rotatable bonds is 4. The minimum Gasteiger partial charge on any atom is -0.381 e. The van der Waals surface area contributed by atoms with Gasteiger partial charge in [0, 0.05) is 24.3 Å². The molecule has 1 nitrogen and oxygen atoms in total. The number of alkyl halides is 1. The maximum absolute atomic E-state index is 5.58. The van der Waals surface area contributed by atoms with Gasteiger partial charge in [-0.2, -0.15) is 11.8 Å². The molecule has 0 aromatic heterocycles. The van der Waals surface area contributed by atoms with Crippen molar-refractivity contribution in [1.82, 2.24) is 0 Å². The zero-order valence-electron chi connectivity index (χ0n) is 6.72. The highest BCUT2D eigenvalue weighted by Crippen LogP contribution is 2.22. The van der Waals surface area contributed by atoms with Gasteiger partial charge >= 0.3 is 0 Å². The van der Waals surface area contributed by atoms with Crippen LogP contribution in [0.25, 0.3) is 0 Å². The van der Waals surface area contributed by atoms with Gasteiger partial charge in [0.05, 0.1) is 0 Å². The van der Waals surface area contributed by atoms with E-state index in [0.29, 0.717) is 0 Å². The fourth-order valence-electron chi connectivity index (χ4n) is 1.15. The van der Waals surface area contributed by atoms with Crippen LogP contribution in [-0.2, 0) is 4.74 Å². The Balaban J connectivity index is 1.96. The van der Waals surface area contributed by atoms with Crippen LogP contribution in [-0.4, -0.2) is 30.1 Å². The Morgan fingerprint density at radius 2 is 2.09 bits per heavy atom. The van der Waals surface area contributed by atoms with Crippen molar-refractivity contribution in [3.63, 3.8) is 0 Å². The van der Waals surface area contributed by atoms with Crippen LogP contribution in [0.1, 0.15) is 19.3 Å². The van der Waals surface area contributed by atoms with Crippen LogP contribution in [0.4, 0.5) is 0 Å². The van der Waals surface area contributed by atoms with E-state index < -0.39 is 0 Å². The molecule has 0 bridgehead atoms. The van der Waals surface area contributed by atoms with E-state index in [1.54, 1.807) is 0 Å². The lowest BCUT2D eigenvalue weighted by Gasteiger charge is -2.21. The molecule has 0 amide bonds. The Labute approximate surface area is 77.8 Å². The number of ether oxygens (including phenoxy) is 1. The summed E-state index contributed by atoms with van der Waals surface area (Å²) in [4.78, 5) is 0. The van der Waals surface area contributed by atoms with Gasteiger partial charge in [-0.05, 0) is 25.0 Å². The predicted octanol–water partition coefficient (Wildman–Crippen LogP) is 2.53. The molecule has 1 fully saturated rings. The van der Waals surface area contributed by atoms with Gasteiger partial charge < -0.3 is 4.74 Å². The quantitative estimate of drug-likeness (QED) is 0.503. The molecule has 0 aromatic rings. The first-order valence-corrected chi connectivity index (χ1v) is 5.77. The van der Waals surface area contributed by atoms with Gasteiger partial charge in [0.15, 0.2) is 0 Å². The molecule has 0 N–H and O–H groups in total. The normalized spacial score (nSPS) is 20.5. The Kier molecular flexibility index (Phi) is 5.42. The highest BCUT2D eigenvalue weighted by molar-refractivity contribution is 7.99. The lowest BCUT2D eigenvalue weighted by Crippen LogP contribution is -2.17. The summed E-state index contributed by atoms with van der Waals surface area (Å²) in [5.41, 5.74) is 0. The third kappa shape index (κ3) is 4.24. The summed E-state index contributed by atoms with van der Waals surface area (Å²) in [5, 5.41) is 0.840. The molecule has 0 unspecified atom stereocenters. The molecule has 1 rings (SSSR count). The van der Waals surface area contributed by atoms with Crippen molar-refractivity contribution < 1.29 is 4.74 Å². The molecule has 0 spiro atoms. The zero-order valence-corrected chi connectivity index (χ0v) is 8.29. The summed E-state index contributed by atoms with van der Waals surface area (Å²) in [5.74, 6) is 2.02. The minimum absolute atomic E-state index is 0.802. The van der Waals surface area contributed by atoms with Crippen LogP contribution in [0.3, 0.4) is 0 Å². The molecule has 1 saturated heterocycles. The summed E-state index contributed by atoms with van der Waals surface area (Å²) < 4.78 is 5.27. The van der Waals surface area contributed by atoms with E-state index >= 15 is 0 Å². The Morgan fingerprint density at radius 3 is 2.73 bits per heavy atom. The SMILES string of the molecule is ClCCCSC1CCOCC1. The van der Waals surface area contributed by atoms with Crippen LogP contribution in [0, 0.1) is 0 Å². The fraction of sp³-hybridized carbons (Fsp3) is 1.00. The van der Waals surface area contributed by atoms with Gasteiger partial charge in [0.1, 0.15) is 0 Å². The van der Waals surface area contributed by atoms with E-state index in [4.69, 9.17) is 16.3 Å². The van der Waals surface area contributed by atoms with Crippen LogP contribution in [0.5, 0.6) is 0 Å². The van der Waals surface area contributed by atoms with Gasteiger partial charge in [-0.3, -0.25) is 0 Å². The summed E-state index contributed by atoms with van der Waals surface area (Å²) >= 11 is 7.64. The average Bonchev–Trinajstić information content (AvgIpc) is 2.07. The molecule has 1 aliphatic heterocycles. The molecule has 0 atom stereocenters. The molecule has 0 radical (unpaired) electrons. The first-order chi connectivity index (χ1) is 5.43. The minimum atomic E-state index is 0.802. The van der Waals surface area contributed by atoms with Crippen molar-refractivity contribution in [1.29, 1.82) is 0 Å². The van der Waals surface area contributed by atoms with Gasteiger partial charge in [0.2, 0.25) is 0 Å². The van der Waals surface area contributed by atoms with Crippen LogP contribution < -0.4 is 0 Å². The number of thioether (sulfide) groups is 1. The standard InChI is InChI=1S/C8H15ClOS/c9-4-1-7-11-8-2-5-10-6-3-8/h8H,1-7H2. The Morgan fingerprint density at radius 1 is 1.36 bits per heavy atom. The van der Waals surface area contributed by atoms with E-state index in [1.807, 2.05) is 0 Å². The lowest BCUT2D eigenvalue weighted by atomic mass is 10.2. The summed E-state index contributed by atoms with van der Waals surface area (Å²) in [6.07, 6.45) is 3.60. The summed E-state index contributed by atoms with van der Waals surface area (Å²) in [6, 6.07) is 0. The van der Waals surface area contributed by atoms with Crippen molar-refractivity contribution >= 4 is 23.4 Å². The van der Waals surface area contributed by atoms with E-state index in [0.717, 1.165) is 30.8 Å². The number of hydrogen-bond donors (Lipinski definition) is 0. The molecule has 1 heterocycles. The maximum Gasteiger partial charge on any atom is 0.0476 e. The topological polar surface area (TPSA) is 9.23 Å². The number of hydrogen-bond acceptors (Lipinski definition) is 2. The summed E-state index contributed by atoms with van der Waals surface area (Å²) in [6.45, 7) is 1.91.